The Labute approximate surface area is 131 Å². The maximum Gasteiger partial charge on any atom is 0.306 e. The molecule has 22 heavy (non-hydrogen) atoms. The van der Waals surface area contributed by atoms with Crippen molar-refractivity contribution in [2.24, 2.45) is 5.92 Å². The first-order chi connectivity index (χ1) is 10.3. The van der Waals surface area contributed by atoms with Gasteiger partial charge in [-0.15, -0.1) is 0 Å². The molecule has 1 aliphatic rings. The van der Waals surface area contributed by atoms with E-state index >= 15 is 0 Å². The smallest absolute Gasteiger partial charge is 0.306 e. The zero-order chi connectivity index (χ0) is 16.3. The van der Waals surface area contributed by atoms with Crippen molar-refractivity contribution in [2.45, 2.75) is 39.7 Å². The third-order valence-electron chi connectivity index (χ3n) is 3.31. The van der Waals surface area contributed by atoms with E-state index in [1.165, 1.54) is 0 Å². The van der Waals surface area contributed by atoms with Crippen LogP contribution in [0.2, 0.25) is 0 Å². The molecule has 0 spiro atoms. The largest absolute Gasteiger partial charge is 0.483 e. The summed E-state index contributed by atoms with van der Waals surface area (Å²) in [5, 5.41) is 0. The van der Waals surface area contributed by atoms with E-state index in [-0.39, 0.29) is 29.9 Å². The minimum absolute atomic E-state index is 0.210. The highest BCUT2D eigenvalue weighted by molar-refractivity contribution is 5.98. The fourth-order valence-electron chi connectivity index (χ4n) is 2.17. The van der Waals surface area contributed by atoms with Crippen LogP contribution < -0.4 is 4.74 Å². The van der Waals surface area contributed by atoms with Crippen molar-refractivity contribution in [1.29, 1.82) is 0 Å². The van der Waals surface area contributed by atoms with E-state index < -0.39 is 0 Å². The highest BCUT2D eigenvalue weighted by Gasteiger charge is 2.22. The van der Waals surface area contributed by atoms with Crippen LogP contribution in [0.1, 0.15) is 50.0 Å². The van der Waals surface area contributed by atoms with Crippen molar-refractivity contribution in [1.82, 2.24) is 0 Å². The molecule has 2 rings (SSSR count). The lowest BCUT2D eigenvalue weighted by molar-refractivity contribution is -0.143. The van der Waals surface area contributed by atoms with E-state index in [2.05, 4.69) is 0 Å². The second-order valence-electron chi connectivity index (χ2n) is 6.47. The topological polar surface area (TPSA) is 52.6 Å². The molecule has 0 N–H and O–H groups in total. The first-order valence-electron chi connectivity index (χ1n) is 7.48. The highest BCUT2D eigenvalue weighted by Crippen LogP contribution is 2.31. The molecule has 4 heteroatoms. The number of esters is 1. The number of benzene rings is 1. The second kappa shape index (κ2) is 6.34. The van der Waals surface area contributed by atoms with Gasteiger partial charge in [0.25, 0.3) is 0 Å². The highest BCUT2D eigenvalue weighted by atomic mass is 16.5. The zero-order valence-corrected chi connectivity index (χ0v) is 13.5. The summed E-state index contributed by atoms with van der Waals surface area (Å²) in [6.45, 7) is 7.58. The first-order valence-corrected chi connectivity index (χ1v) is 7.48. The standard InChI is InChI=1S/C18H22O4/c1-12(2)9-17(20)21-11-15(19)13-5-6-16-14(10-13)7-8-18(3,4)22-16/h5-8,10,12H,9,11H2,1-4H3. The van der Waals surface area contributed by atoms with Crippen LogP contribution in [0, 0.1) is 5.92 Å². The summed E-state index contributed by atoms with van der Waals surface area (Å²) in [7, 11) is 0. The van der Waals surface area contributed by atoms with Crippen molar-refractivity contribution in [3.63, 3.8) is 0 Å². The first kappa shape index (κ1) is 16.3. The van der Waals surface area contributed by atoms with Gasteiger partial charge < -0.3 is 9.47 Å². The molecule has 118 valence electrons. The van der Waals surface area contributed by atoms with Crippen LogP contribution in [0.4, 0.5) is 0 Å². The van der Waals surface area contributed by atoms with Gasteiger partial charge >= 0.3 is 5.97 Å². The Bertz CT molecular complexity index is 612. The second-order valence-corrected chi connectivity index (χ2v) is 6.47. The quantitative estimate of drug-likeness (QED) is 0.615. The Morgan fingerprint density at radius 1 is 1.27 bits per heavy atom. The summed E-state index contributed by atoms with van der Waals surface area (Å²) < 4.78 is 10.8. The lowest BCUT2D eigenvalue weighted by Crippen LogP contribution is -2.27. The van der Waals surface area contributed by atoms with Crippen LogP contribution in [0.25, 0.3) is 6.08 Å². The number of hydrogen-bond acceptors (Lipinski definition) is 4. The molecule has 0 unspecified atom stereocenters. The SMILES string of the molecule is CC(C)CC(=O)OCC(=O)c1ccc2c(c1)C=CC(C)(C)O2. The number of fused-ring (bicyclic) bond motifs is 1. The van der Waals surface area contributed by atoms with E-state index in [0.29, 0.717) is 12.0 Å². The van der Waals surface area contributed by atoms with E-state index in [9.17, 15) is 9.59 Å². The van der Waals surface area contributed by atoms with Gasteiger partial charge in [0.1, 0.15) is 11.4 Å². The van der Waals surface area contributed by atoms with Crippen molar-refractivity contribution >= 4 is 17.8 Å². The molecule has 1 aliphatic heterocycles. The van der Waals surface area contributed by atoms with Crippen molar-refractivity contribution < 1.29 is 19.1 Å². The van der Waals surface area contributed by atoms with Gasteiger partial charge in [-0.2, -0.15) is 0 Å². The normalized spacial score (nSPS) is 15.1. The molecule has 0 saturated carbocycles. The third-order valence-corrected chi connectivity index (χ3v) is 3.31. The third kappa shape index (κ3) is 4.20. The average molecular weight is 302 g/mol. The number of rotatable bonds is 5. The molecule has 0 aliphatic carbocycles. The lowest BCUT2D eigenvalue weighted by Gasteiger charge is -2.27. The molecule has 0 fully saturated rings. The van der Waals surface area contributed by atoms with Crippen molar-refractivity contribution in [3.8, 4) is 5.75 Å². The Hall–Kier alpha value is -2.10. The van der Waals surface area contributed by atoms with Gasteiger partial charge in [0, 0.05) is 17.5 Å². The monoisotopic (exact) mass is 302 g/mol. The van der Waals surface area contributed by atoms with Gasteiger partial charge in [-0.3, -0.25) is 9.59 Å². The van der Waals surface area contributed by atoms with Crippen LogP contribution in [0.3, 0.4) is 0 Å². The summed E-state index contributed by atoms with van der Waals surface area (Å²) >= 11 is 0. The van der Waals surface area contributed by atoms with Gasteiger partial charge in [0.05, 0.1) is 0 Å². The predicted molar refractivity (Wildman–Crippen MR) is 84.9 cm³/mol. The van der Waals surface area contributed by atoms with E-state index in [0.717, 1.165) is 11.3 Å². The molecule has 0 aromatic heterocycles. The van der Waals surface area contributed by atoms with Gasteiger partial charge in [0.2, 0.25) is 0 Å². The van der Waals surface area contributed by atoms with Gasteiger partial charge in [-0.05, 0) is 44.0 Å². The maximum atomic E-state index is 12.1. The molecule has 0 radical (unpaired) electrons. The van der Waals surface area contributed by atoms with Gasteiger partial charge in [0.15, 0.2) is 12.4 Å². The predicted octanol–water partition coefficient (Wildman–Crippen LogP) is 3.64. The zero-order valence-electron chi connectivity index (χ0n) is 13.5. The Balaban J connectivity index is 2.02. The van der Waals surface area contributed by atoms with Crippen LogP contribution in [0.15, 0.2) is 24.3 Å². The molecular formula is C18H22O4. The summed E-state index contributed by atoms with van der Waals surface area (Å²) in [5.74, 6) is 0.419. The van der Waals surface area contributed by atoms with Crippen LogP contribution in [0.5, 0.6) is 5.75 Å². The molecule has 0 saturated heterocycles. The van der Waals surface area contributed by atoms with E-state index in [4.69, 9.17) is 9.47 Å². The molecule has 1 heterocycles. The number of Topliss-reactive ketones (excluding diaryl/α,β-unsaturated/α-hetero) is 1. The van der Waals surface area contributed by atoms with E-state index in [1.54, 1.807) is 18.2 Å². The van der Waals surface area contributed by atoms with Crippen molar-refractivity contribution in [2.75, 3.05) is 6.61 Å². The maximum absolute atomic E-state index is 12.1. The molecule has 0 bridgehead atoms. The number of ether oxygens (including phenoxy) is 2. The number of ketones is 1. The number of carbonyl (C=O) groups excluding carboxylic acids is 2. The summed E-state index contributed by atoms with van der Waals surface area (Å²) in [5.41, 5.74) is 1.04. The Morgan fingerprint density at radius 2 is 2.00 bits per heavy atom. The molecule has 1 aromatic rings. The fraction of sp³-hybridized carbons (Fsp3) is 0.444. The number of carbonyl (C=O) groups is 2. The summed E-state index contributed by atoms with van der Waals surface area (Å²) in [6, 6.07) is 5.25. The molecule has 4 nitrogen and oxygen atoms in total. The molecule has 0 atom stereocenters. The van der Waals surface area contributed by atoms with Crippen LogP contribution >= 0.6 is 0 Å². The Morgan fingerprint density at radius 3 is 2.68 bits per heavy atom. The van der Waals surface area contributed by atoms with Crippen molar-refractivity contribution in [3.05, 3.63) is 35.4 Å². The molecule has 0 amide bonds. The number of hydrogen-bond donors (Lipinski definition) is 0. The van der Waals surface area contributed by atoms with Crippen LogP contribution in [-0.4, -0.2) is 24.0 Å². The minimum atomic E-state index is -0.342. The average Bonchev–Trinajstić information content (AvgIpc) is 2.42. The lowest BCUT2D eigenvalue weighted by atomic mass is 10.00. The van der Waals surface area contributed by atoms with Crippen LogP contribution in [-0.2, 0) is 9.53 Å². The minimum Gasteiger partial charge on any atom is -0.483 e. The van der Waals surface area contributed by atoms with Gasteiger partial charge in [-0.25, -0.2) is 0 Å². The summed E-state index contributed by atoms with van der Waals surface area (Å²) in [6.07, 6.45) is 4.22. The van der Waals surface area contributed by atoms with Gasteiger partial charge in [-0.1, -0.05) is 19.9 Å². The molecule has 1 aromatic carbocycles. The Kier molecular flexibility index (Phi) is 4.69. The molecular weight excluding hydrogens is 280 g/mol. The fourth-order valence-corrected chi connectivity index (χ4v) is 2.17. The van der Waals surface area contributed by atoms with E-state index in [1.807, 2.05) is 39.8 Å². The summed E-state index contributed by atoms with van der Waals surface area (Å²) in [4.78, 5) is 23.6.